The number of urea groups is 1. The Balaban J connectivity index is 2.08. The summed E-state index contributed by atoms with van der Waals surface area (Å²) in [5, 5.41) is 7.75. The van der Waals surface area contributed by atoms with Crippen molar-refractivity contribution in [1.82, 2.24) is 5.32 Å². The van der Waals surface area contributed by atoms with Crippen LogP contribution in [-0.4, -0.2) is 20.3 Å². The third-order valence-corrected chi connectivity index (χ3v) is 4.35. The summed E-state index contributed by atoms with van der Waals surface area (Å²) in [5.41, 5.74) is 1.59. The van der Waals surface area contributed by atoms with Gasteiger partial charge in [-0.2, -0.15) is 0 Å². The molecule has 5 nitrogen and oxygen atoms in total. The molecule has 1 aromatic heterocycles. The first-order valence-corrected chi connectivity index (χ1v) is 7.76. The number of methoxy groups -OCH3 is 2. The van der Waals surface area contributed by atoms with Gasteiger partial charge in [-0.05, 0) is 36.9 Å². The summed E-state index contributed by atoms with van der Waals surface area (Å²) in [6.07, 6.45) is 0. The Hall–Kier alpha value is -2.21. The van der Waals surface area contributed by atoms with E-state index in [1.807, 2.05) is 37.4 Å². The van der Waals surface area contributed by atoms with E-state index in [1.54, 1.807) is 31.6 Å². The molecule has 0 unspecified atom stereocenters. The third kappa shape index (κ3) is 3.71. The van der Waals surface area contributed by atoms with Crippen molar-refractivity contribution in [3.05, 3.63) is 40.1 Å². The van der Waals surface area contributed by atoms with Crippen LogP contribution in [0.1, 0.15) is 23.4 Å². The molecule has 2 amide bonds. The fraction of sp³-hybridized carbons (Fsp3) is 0.312. The number of thiophene rings is 1. The Morgan fingerprint density at radius 3 is 2.50 bits per heavy atom. The van der Waals surface area contributed by atoms with Crippen molar-refractivity contribution in [1.29, 1.82) is 0 Å². The van der Waals surface area contributed by atoms with Crippen LogP contribution < -0.4 is 20.1 Å². The molecule has 0 aliphatic heterocycles. The zero-order valence-electron chi connectivity index (χ0n) is 13.1. The Bertz CT molecular complexity index is 641. The number of aryl methyl sites for hydroxylation is 1. The standard InChI is InChI=1S/C16H20N2O3S/c1-10-8-13(20-3)14(21-4)9-12(10)18-16(19)17-11(2)15-6-5-7-22-15/h5-9,11H,1-4H3,(H2,17,18,19)/t11-/m0/s1. The van der Waals surface area contributed by atoms with Gasteiger partial charge in [-0.15, -0.1) is 11.3 Å². The second-order valence-electron chi connectivity index (χ2n) is 4.86. The zero-order chi connectivity index (χ0) is 16.1. The minimum absolute atomic E-state index is 0.0412. The lowest BCUT2D eigenvalue weighted by Gasteiger charge is -2.16. The van der Waals surface area contributed by atoms with Crippen molar-refractivity contribution in [2.24, 2.45) is 0 Å². The van der Waals surface area contributed by atoms with Gasteiger partial charge < -0.3 is 20.1 Å². The van der Waals surface area contributed by atoms with Gasteiger partial charge in [-0.25, -0.2) is 4.79 Å². The van der Waals surface area contributed by atoms with Crippen molar-refractivity contribution in [2.75, 3.05) is 19.5 Å². The van der Waals surface area contributed by atoms with Crippen LogP contribution in [0.15, 0.2) is 29.6 Å². The predicted octanol–water partition coefficient (Wildman–Crippen LogP) is 3.96. The highest BCUT2D eigenvalue weighted by Crippen LogP contribution is 2.32. The Kier molecular flexibility index (Phi) is 5.27. The van der Waals surface area contributed by atoms with Crippen LogP contribution in [0.2, 0.25) is 0 Å². The van der Waals surface area contributed by atoms with Gasteiger partial charge in [-0.1, -0.05) is 6.07 Å². The van der Waals surface area contributed by atoms with E-state index < -0.39 is 0 Å². The number of benzene rings is 1. The number of hydrogen-bond acceptors (Lipinski definition) is 4. The normalized spacial score (nSPS) is 11.6. The molecule has 2 aromatic rings. The highest BCUT2D eigenvalue weighted by Gasteiger charge is 2.13. The minimum atomic E-state index is -0.254. The third-order valence-electron chi connectivity index (χ3n) is 3.30. The number of anilines is 1. The molecular formula is C16H20N2O3S. The SMILES string of the molecule is COc1cc(C)c(NC(=O)N[C@@H](C)c2cccs2)cc1OC. The first-order chi connectivity index (χ1) is 10.5. The molecule has 1 heterocycles. The molecule has 22 heavy (non-hydrogen) atoms. The molecule has 0 aliphatic carbocycles. The molecule has 0 fully saturated rings. The monoisotopic (exact) mass is 320 g/mol. The van der Waals surface area contributed by atoms with E-state index in [0.29, 0.717) is 17.2 Å². The fourth-order valence-corrected chi connectivity index (χ4v) is 2.81. The zero-order valence-corrected chi connectivity index (χ0v) is 13.9. The number of rotatable bonds is 5. The van der Waals surface area contributed by atoms with Crippen LogP contribution in [0.25, 0.3) is 0 Å². The lowest BCUT2D eigenvalue weighted by atomic mass is 10.1. The molecule has 1 aromatic carbocycles. The van der Waals surface area contributed by atoms with E-state index in [-0.39, 0.29) is 12.1 Å². The quantitative estimate of drug-likeness (QED) is 0.877. The summed E-state index contributed by atoms with van der Waals surface area (Å²) in [4.78, 5) is 13.2. The van der Waals surface area contributed by atoms with Crippen molar-refractivity contribution in [3.63, 3.8) is 0 Å². The van der Waals surface area contributed by atoms with Gasteiger partial charge in [0.1, 0.15) is 0 Å². The summed E-state index contributed by atoms with van der Waals surface area (Å²) < 4.78 is 10.5. The molecule has 1 atom stereocenters. The van der Waals surface area contributed by atoms with Crippen LogP contribution in [0, 0.1) is 6.92 Å². The van der Waals surface area contributed by atoms with Crippen LogP contribution in [0.4, 0.5) is 10.5 Å². The molecule has 0 spiro atoms. The molecule has 2 N–H and O–H groups in total. The van der Waals surface area contributed by atoms with Crippen LogP contribution in [0.5, 0.6) is 11.5 Å². The predicted molar refractivity (Wildman–Crippen MR) is 89.2 cm³/mol. The first kappa shape index (κ1) is 16.2. The van der Waals surface area contributed by atoms with Gasteiger partial charge in [0, 0.05) is 16.6 Å². The van der Waals surface area contributed by atoms with Crippen molar-refractivity contribution < 1.29 is 14.3 Å². The molecule has 2 rings (SSSR count). The largest absolute Gasteiger partial charge is 0.493 e. The molecule has 0 saturated heterocycles. The Morgan fingerprint density at radius 2 is 1.91 bits per heavy atom. The number of carbonyl (C=O) groups excluding carboxylic acids is 1. The molecule has 118 valence electrons. The van der Waals surface area contributed by atoms with Crippen molar-refractivity contribution in [3.8, 4) is 11.5 Å². The number of hydrogen-bond donors (Lipinski definition) is 2. The average molecular weight is 320 g/mol. The van der Waals surface area contributed by atoms with E-state index in [9.17, 15) is 4.79 Å². The van der Waals surface area contributed by atoms with Gasteiger partial charge >= 0.3 is 6.03 Å². The fourth-order valence-electron chi connectivity index (χ4n) is 2.08. The van der Waals surface area contributed by atoms with Gasteiger partial charge in [0.05, 0.1) is 20.3 Å². The topological polar surface area (TPSA) is 59.6 Å². The van der Waals surface area contributed by atoms with Crippen LogP contribution >= 0.6 is 11.3 Å². The molecule has 0 radical (unpaired) electrons. The van der Waals surface area contributed by atoms with Crippen molar-refractivity contribution in [2.45, 2.75) is 19.9 Å². The number of nitrogens with one attached hydrogen (secondary N) is 2. The summed E-state index contributed by atoms with van der Waals surface area (Å²) >= 11 is 1.61. The Labute approximate surface area is 134 Å². The maximum atomic E-state index is 12.1. The van der Waals surface area contributed by atoms with E-state index in [1.165, 1.54) is 0 Å². The molecule has 6 heteroatoms. The van der Waals surface area contributed by atoms with Gasteiger partial charge in [-0.3, -0.25) is 0 Å². The highest BCUT2D eigenvalue weighted by atomic mass is 32.1. The molecular weight excluding hydrogens is 300 g/mol. The smallest absolute Gasteiger partial charge is 0.319 e. The Morgan fingerprint density at radius 1 is 1.23 bits per heavy atom. The first-order valence-electron chi connectivity index (χ1n) is 6.88. The molecule has 0 aliphatic rings. The van der Waals surface area contributed by atoms with E-state index >= 15 is 0 Å². The van der Waals surface area contributed by atoms with Crippen LogP contribution in [0.3, 0.4) is 0 Å². The van der Waals surface area contributed by atoms with Gasteiger partial charge in [0.15, 0.2) is 11.5 Å². The minimum Gasteiger partial charge on any atom is -0.493 e. The summed E-state index contributed by atoms with van der Waals surface area (Å²) in [6.45, 7) is 3.85. The number of amides is 2. The molecule has 0 bridgehead atoms. The second-order valence-corrected chi connectivity index (χ2v) is 5.84. The second kappa shape index (κ2) is 7.17. The van der Waals surface area contributed by atoms with E-state index in [4.69, 9.17) is 9.47 Å². The molecule has 0 saturated carbocycles. The lowest BCUT2D eigenvalue weighted by Crippen LogP contribution is -2.31. The number of carbonyl (C=O) groups is 1. The summed E-state index contributed by atoms with van der Waals surface area (Å²) in [5.74, 6) is 1.22. The van der Waals surface area contributed by atoms with Crippen LogP contribution in [-0.2, 0) is 0 Å². The number of ether oxygens (including phenoxy) is 2. The van der Waals surface area contributed by atoms with Gasteiger partial charge in [0.2, 0.25) is 0 Å². The average Bonchev–Trinajstić information content (AvgIpc) is 3.03. The van der Waals surface area contributed by atoms with Gasteiger partial charge in [0.25, 0.3) is 0 Å². The van der Waals surface area contributed by atoms with E-state index in [0.717, 1.165) is 10.4 Å². The lowest BCUT2D eigenvalue weighted by molar-refractivity contribution is 0.249. The summed E-state index contributed by atoms with van der Waals surface area (Å²) in [6, 6.07) is 7.25. The highest BCUT2D eigenvalue weighted by molar-refractivity contribution is 7.10. The summed E-state index contributed by atoms with van der Waals surface area (Å²) in [7, 11) is 3.15. The van der Waals surface area contributed by atoms with E-state index in [2.05, 4.69) is 10.6 Å². The maximum absolute atomic E-state index is 12.1. The maximum Gasteiger partial charge on any atom is 0.319 e. The van der Waals surface area contributed by atoms with Crippen molar-refractivity contribution >= 4 is 23.1 Å².